The van der Waals surface area contributed by atoms with E-state index in [0.717, 1.165) is 32.1 Å². The summed E-state index contributed by atoms with van der Waals surface area (Å²) in [6.07, 6.45) is 30.8. The minimum Gasteiger partial charge on any atom is -0.392 e. The number of carbonyl (C=O) groups excluding carboxylic acids is 3. The fourth-order valence-corrected chi connectivity index (χ4v) is 2.41. The number of ether oxygens (including phenoxy) is 1. The number of esters is 2. The maximum Gasteiger partial charge on any atom is 0.330 e. The Hall–Kier alpha value is -2.79. The molecule has 0 bridgehead atoms. The Bertz CT molecular complexity index is 711. The van der Waals surface area contributed by atoms with E-state index in [1.54, 1.807) is 6.08 Å². The highest BCUT2D eigenvalue weighted by Gasteiger charge is 2.18. The first-order chi connectivity index (χ1) is 15.5. The normalized spacial score (nSPS) is 13.5. The molecular weight excluding hydrogens is 402 g/mol. The maximum atomic E-state index is 11.6. The van der Waals surface area contributed by atoms with Crippen LogP contribution in [0.15, 0.2) is 72.9 Å². The van der Waals surface area contributed by atoms with E-state index in [1.165, 1.54) is 6.92 Å². The summed E-state index contributed by atoms with van der Waals surface area (Å²) in [4.78, 5) is 34.1. The molecule has 0 aliphatic rings. The van der Waals surface area contributed by atoms with Crippen molar-refractivity contribution in [1.82, 2.24) is 0 Å². The Morgan fingerprint density at radius 1 is 0.719 bits per heavy atom. The molecule has 0 heterocycles. The topological polar surface area (TPSA) is 86.5 Å². The second kappa shape index (κ2) is 21.4. The van der Waals surface area contributed by atoms with Crippen LogP contribution in [0.2, 0.25) is 0 Å². The number of carbonyl (C=O) groups is 3. The fourth-order valence-electron chi connectivity index (χ4n) is 2.41. The molecule has 176 valence electrons. The van der Waals surface area contributed by atoms with E-state index < -0.39 is 18.0 Å². The predicted molar refractivity (Wildman–Crippen MR) is 132 cm³/mol. The smallest absolute Gasteiger partial charge is 0.330 e. The first kappa shape index (κ1) is 29.2. The molecule has 0 amide bonds. The highest BCUT2D eigenvalue weighted by atomic mass is 16.6. The minimum atomic E-state index is -0.951. The van der Waals surface area contributed by atoms with Gasteiger partial charge in [0.05, 0.1) is 6.42 Å². The molecule has 0 aromatic carbocycles. The first-order valence-electron chi connectivity index (χ1n) is 11.4. The lowest BCUT2D eigenvalue weighted by molar-refractivity contribution is -0.160. The molecule has 0 aromatic heterocycles. The Labute approximate surface area is 193 Å². The minimum absolute atomic E-state index is 0.00980. The van der Waals surface area contributed by atoms with E-state index in [1.807, 2.05) is 12.2 Å². The second-order valence-electron chi connectivity index (χ2n) is 7.26. The monoisotopic (exact) mass is 441 g/mol. The van der Waals surface area contributed by atoms with Crippen molar-refractivity contribution in [1.29, 1.82) is 0 Å². The van der Waals surface area contributed by atoms with Gasteiger partial charge in [-0.05, 0) is 51.9 Å². The zero-order valence-corrected chi connectivity index (χ0v) is 19.6. The lowest BCUT2D eigenvalue weighted by atomic mass is 10.1. The molecule has 0 radical (unpaired) electrons. The third-order valence-corrected chi connectivity index (χ3v) is 4.21. The lowest BCUT2D eigenvalue weighted by Crippen LogP contribution is -2.34. The average molecular weight is 442 g/mol. The van der Waals surface area contributed by atoms with Crippen molar-refractivity contribution < 1.29 is 19.1 Å². The summed E-state index contributed by atoms with van der Waals surface area (Å²) in [6.45, 7) is 3.56. The van der Waals surface area contributed by atoms with Gasteiger partial charge in [0, 0.05) is 6.42 Å². The molecule has 0 aromatic rings. The van der Waals surface area contributed by atoms with Gasteiger partial charge in [-0.15, -0.1) is 0 Å². The van der Waals surface area contributed by atoms with E-state index in [0.29, 0.717) is 6.42 Å². The summed E-state index contributed by atoms with van der Waals surface area (Å²) in [5.41, 5.74) is 5.59. The van der Waals surface area contributed by atoms with Crippen LogP contribution in [0.5, 0.6) is 0 Å². The summed E-state index contributed by atoms with van der Waals surface area (Å²) in [6, 6.07) is -0.951. The van der Waals surface area contributed by atoms with Crippen LogP contribution in [0.4, 0.5) is 0 Å². The van der Waals surface area contributed by atoms with Crippen molar-refractivity contribution in [3.05, 3.63) is 72.9 Å². The fraction of sp³-hybridized carbons (Fsp3) is 0.444. The SMILES string of the molecule is CC/C=C\C/C=C\C/C=C\C/C=C\C/C=C\C/C=C\CC(=O)OC(=O)C(N)CCC(C)=O. The molecule has 1 atom stereocenters. The van der Waals surface area contributed by atoms with Crippen LogP contribution in [0, 0.1) is 0 Å². The highest BCUT2D eigenvalue weighted by molar-refractivity contribution is 5.89. The van der Waals surface area contributed by atoms with Gasteiger partial charge >= 0.3 is 11.9 Å². The van der Waals surface area contributed by atoms with E-state index in [-0.39, 0.29) is 25.0 Å². The van der Waals surface area contributed by atoms with Crippen molar-refractivity contribution in [2.45, 2.75) is 77.7 Å². The van der Waals surface area contributed by atoms with E-state index >= 15 is 0 Å². The zero-order valence-electron chi connectivity index (χ0n) is 19.6. The van der Waals surface area contributed by atoms with Crippen LogP contribution < -0.4 is 5.73 Å². The maximum absolute atomic E-state index is 11.6. The predicted octanol–water partition coefficient (Wildman–Crippen LogP) is 5.84. The van der Waals surface area contributed by atoms with Crippen LogP contribution >= 0.6 is 0 Å². The van der Waals surface area contributed by atoms with Gasteiger partial charge in [-0.1, -0.05) is 79.8 Å². The van der Waals surface area contributed by atoms with Gasteiger partial charge in [0.15, 0.2) is 0 Å². The number of nitrogens with two attached hydrogens (primary N) is 1. The summed E-state index contributed by atoms with van der Waals surface area (Å²) in [5, 5.41) is 0. The van der Waals surface area contributed by atoms with Gasteiger partial charge in [0.2, 0.25) is 0 Å². The molecule has 0 aliphatic carbocycles. The average Bonchev–Trinajstić information content (AvgIpc) is 2.76. The summed E-state index contributed by atoms with van der Waals surface area (Å²) >= 11 is 0. The van der Waals surface area contributed by atoms with Gasteiger partial charge in [-0.25, -0.2) is 4.79 Å². The van der Waals surface area contributed by atoms with E-state index in [4.69, 9.17) is 5.73 Å². The first-order valence-corrected chi connectivity index (χ1v) is 11.4. The number of ketones is 1. The number of rotatable bonds is 17. The Morgan fingerprint density at radius 2 is 1.12 bits per heavy atom. The van der Waals surface area contributed by atoms with Crippen LogP contribution in [0.3, 0.4) is 0 Å². The standard InChI is InChI=1S/C27H39NO4/c1-3-4-5-6-7-8-9-10-11-12-13-14-15-16-17-18-19-20-21-26(30)32-27(31)25(28)23-22-24(2)29/h4-5,7-8,10-11,13-14,16-17,19-20,25H,3,6,9,12,15,18,21-23,28H2,1-2H3/b5-4-,8-7-,11-10-,14-13-,17-16-,20-19-. The number of hydrogen-bond donors (Lipinski definition) is 1. The summed E-state index contributed by atoms with van der Waals surface area (Å²) < 4.78 is 4.67. The molecule has 0 rings (SSSR count). The number of hydrogen-bond acceptors (Lipinski definition) is 5. The zero-order chi connectivity index (χ0) is 23.9. The van der Waals surface area contributed by atoms with Crippen molar-refractivity contribution in [2.24, 2.45) is 5.73 Å². The third-order valence-electron chi connectivity index (χ3n) is 4.21. The number of Topliss-reactive ketones (excluding diaryl/α,β-unsaturated/α-hetero) is 1. The van der Waals surface area contributed by atoms with Gasteiger partial charge < -0.3 is 15.3 Å². The summed E-state index contributed by atoms with van der Waals surface area (Å²) in [5.74, 6) is -1.49. The highest BCUT2D eigenvalue weighted by Crippen LogP contribution is 2.01. The van der Waals surface area contributed by atoms with Crippen molar-refractivity contribution in [2.75, 3.05) is 0 Å². The molecule has 32 heavy (non-hydrogen) atoms. The van der Waals surface area contributed by atoms with Crippen molar-refractivity contribution in [3.8, 4) is 0 Å². The van der Waals surface area contributed by atoms with E-state index in [9.17, 15) is 14.4 Å². The van der Waals surface area contributed by atoms with E-state index in [2.05, 4.69) is 66.3 Å². The summed E-state index contributed by atoms with van der Waals surface area (Å²) in [7, 11) is 0. The second-order valence-corrected chi connectivity index (χ2v) is 7.26. The molecule has 0 saturated heterocycles. The van der Waals surface area contributed by atoms with Crippen LogP contribution in [0.25, 0.3) is 0 Å². The third kappa shape index (κ3) is 20.5. The van der Waals surface area contributed by atoms with Gasteiger partial charge in [0.25, 0.3) is 0 Å². The van der Waals surface area contributed by atoms with Gasteiger partial charge in [-0.2, -0.15) is 0 Å². The van der Waals surface area contributed by atoms with Crippen molar-refractivity contribution >= 4 is 17.7 Å². The van der Waals surface area contributed by atoms with Crippen molar-refractivity contribution in [3.63, 3.8) is 0 Å². The van der Waals surface area contributed by atoms with Crippen LogP contribution in [0.1, 0.15) is 71.6 Å². The molecule has 0 spiro atoms. The molecule has 5 nitrogen and oxygen atoms in total. The molecule has 0 fully saturated rings. The Kier molecular flexibility index (Phi) is 19.6. The molecule has 0 aliphatic heterocycles. The van der Waals surface area contributed by atoms with Gasteiger partial charge in [0.1, 0.15) is 11.8 Å². The Morgan fingerprint density at radius 3 is 1.53 bits per heavy atom. The van der Waals surface area contributed by atoms with Gasteiger partial charge in [-0.3, -0.25) is 4.79 Å². The molecule has 5 heteroatoms. The quantitative estimate of drug-likeness (QED) is 0.174. The molecule has 1 unspecified atom stereocenters. The largest absolute Gasteiger partial charge is 0.392 e. The molecular formula is C27H39NO4. The lowest BCUT2D eigenvalue weighted by Gasteiger charge is -2.08. The Balaban J connectivity index is 3.80. The van der Waals surface area contributed by atoms with Crippen LogP contribution in [-0.2, 0) is 19.1 Å². The number of allylic oxidation sites excluding steroid dienone is 11. The molecule has 0 saturated carbocycles. The molecule has 2 N–H and O–H groups in total. The van der Waals surface area contributed by atoms with Crippen LogP contribution in [-0.4, -0.2) is 23.8 Å².